The topological polar surface area (TPSA) is 44.8 Å². The second-order valence-corrected chi connectivity index (χ2v) is 6.06. The number of hydrogen-bond acceptors (Lipinski definition) is 3. The maximum Gasteiger partial charge on any atom is 0.104 e. The number of likely N-dealkylation sites (tertiary alicyclic amines) is 1. The van der Waals surface area contributed by atoms with Gasteiger partial charge in [-0.1, -0.05) is 12.1 Å². The van der Waals surface area contributed by atoms with E-state index < -0.39 is 0 Å². The van der Waals surface area contributed by atoms with Crippen LogP contribution < -0.4 is 0 Å². The van der Waals surface area contributed by atoms with Crippen LogP contribution in [-0.2, 0) is 6.54 Å². The van der Waals surface area contributed by atoms with Gasteiger partial charge in [-0.25, -0.2) is 4.98 Å². The Morgan fingerprint density at radius 1 is 1.27 bits per heavy atom. The first-order chi connectivity index (χ1) is 10.8. The summed E-state index contributed by atoms with van der Waals surface area (Å²) in [6.07, 6.45) is 4.33. The Balaban J connectivity index is 1.58. The summed E-state index contributed by atoms with van der Waals surface area (Å²) in [5.74, 6) is 0.972. The SMILES string of the molecule is Cc1nc2ccc(CN3CCCC3c3ccccn3)cc2[nH]1. The van der Waals surface area contributed by atoms with E-state index in [2.05, 4.69) is 50.2 Å². The van der Waals surface area contributed by atoms with E-state index in [0.29, 0.717) is 6.04 Å². The molecular formula is C18H20N4. The molecule has 0 saturated carbocycles. The Kier molecular flexibility index (Phi) is 3.39. The molecule has 22 heavy (non-hydrogen) atoms. The molecule has 0 aliphatic carbocycles. The Morgan fingerprint density at radius 3 is 3.09 bits per heavy atom. The van der Waals surface area contributed by atoms with Crippen molar-refractivity contribution in [1.82, 2.24) is 19.9 Å². The Morgan fingerprint density at radius 2 is 2.23 bits per heavy atom. The van der Waals surface area contributed by atoms with E-state index in [1.807, 2.05) is 19.2 Å². The van der Waals surface area contributed by atoms with Crippen LogP contribution in [0.2, 0.25) is 0 Å². The van der Waals surface area contributed by atoms with Gasteiger partial charge in [0.2, 0.25) is 0 Å². The van der Waals surface area contributed by atoms with E-state index in [1.165, 1.54) is 24.1 Å². The Hall–Kier alpha value is -2.20. The van der Waals surface area contributed by atoms with Crippen LogP contribution in [0, 0.1) is 6.92 Å². The standard InChI is InChI=1S/C18H20N4/c1-13-20-15-8-7-14(11-17(15)21-13)12-22-10-4-6-18(22)16-5-2-3-9-19-16/h2-3,5,7-9,11,18H,4,6,10,12H2,1H3,(H,20,21). The molecular weight excluding hydrogens is 272 g/mol. The highest BCUT2D eigenvalue weighted by molar-refractivity contribution is 5.75. The van der Waals surface area contributed by atoms with Crippen molar-refractivity contribution in [3.63, 3.8) is 0 Å². The van der Waals surface area contributed by atoms with Crippen molar-refractivity contribution in [2.75, 3.05) is 6.54 Å². The second-order valence-electron chi connectivity index (χ2n) is 6.06. The smallest absolute Gasteiger partial charge is 0.104 e. The van der Waals surface area contributed by atoms with Crippen LogP contribution in [0.4, 0.5) is 0 Å². The lowest BCUT2D eigenvalue weighted by atomic mass is 10.1. The number of hydrogen-bond donors (Lipinski definition) is 1. The van der Waals surface area contributed by atoms with Crippen LogP contribution in [-0.4, -0.2) is 26.4 Å². The van der Waals surface area contributed by atoms with Crippen molar-refractivity contribution >= 4 is 11.0 Å². The number of nitrogens with one attached hydrogen (secondary N) is 1. The Bertz CT molecular complexity index is 778. The van der Waals surface area contributed by atoms with Crippen molar-refractivity contribution in [1.29, 1.82) is 0 Å². The third-order valence-electron chi connectivity index (χ3n) is 4.44. The number of nitrogens with zero attached hydrogens (tertiary/aromatic N) is 3. The first kappa shape index (κ1) is 13.5. The lowest BCUT2D eigenvalue weighted by molar-refractivity contribution is 0.244. The lowest BCUT2D eigenvalue weighted by Gasteiger charge is -2.24. The number of aryl methyl sites for hydroxylation is 1. The molecule has 1 fully saturated rings. The lowest BCUT2D eigenvalue weighted by Crippen LogP contribution is -2.23. The van der Waals surface area contributed by atoms with Crippen LogP contribution >= 0.6 is 0 Å². The van der Waals surface area contributed by atoms with Gasteiger partial charge >= 0.3 is 0 Å². The van der Waals surface area contributed by atoms with Crippen LogP contribution in [0.25, 0.3) is 11.0 Å². The maximum atomic E-state index is 4.55. The molecule has 3 heterocycles. The van der Waals surface area contributed by atoms with Gasteiger partial charge in [-0.2, -0.15) is 0 Å². The normalized spacial score (nSPS) is 19.0. The molecule has 2 aromatic heterocycles. The van der Waals surface area contributed by atoms with Gasteiger partial charge in [-0.15, -0.1) is 0 Å². The third kappa shape index (κ3) is 2.50. The van der Waals surface area contributed by atoms with Gasteiger partial charge in [0.05, 0.1) is 22.8 Å². The molecule has 0 bridgehead atoms. The summed E-state index contributed by atoms with van der Waals surface area (Å²) in [6.45, 7) is 4.10. The minimum absolute atomic E-state index is 0.445. The molecule has 1 unspecified atom stereocenters. The number of aromatic nitrogens is 3. The Labute approximate surface area is 130 Å². The monoisotopic (exact) mass is 292 g/mol. The van der Waals surface area contributed by atoms with E-state index in [-0.39, 0.29) is 0 Å². The number of H-pyrrole nitrogens is 1. The predicted molar refractivity (Wildman–Crippen MR) is 87.5 cm³/mol. The molecule has 0 spiro atoms. The fourth-order valence-electron chi connectivity index (χ4n) is 3.44. The molecule has 112 valence electrons. The summed E-state index contributed by atoms with van der Waals surface area (Å²) in [5.41, 5.74) is 4.70. The van der Waals surface area contributed by atoms with E-state index in [0.717, 1.165) is 29.9 Å². The zero-order chi connectivity index (χ0) is 14.9. The summed E-state index contributed by atoms with van der Waals surface area (Å²) in [7, 11) is 0. The molecule has 3 aromatic rings. The van der Waals surface area contributed by atoms with Crippen molar-refractivity contribution < 1.29 is 0 Å². The molecule has 1 aromatic carbocycles. The minimum Gasteiger partial charge on any atom is -0.342 e. The summed E-state index contributed by atoms with van der Waals surface area (Å²) in [4.78, 5) is 14.9. The quantitative estimate of drug-likeness (QED) is 0.802. The highest BCUT2D eigenvalue weighted by Crippen LogP contribution is 2.32. The van der Waals surface area contributed by atoms with Gasteiger partial charge in [0, 0.05) is 12.7 Å². The van der Waals surface area contributed by atoms with E-state index >= 15 is 0 Å². The third-order valence-corrected chi connectivity index (χ3v) is 4.44. The van der Waals surface area contributed by atoms with Crippen LogP contribution in [0.5, 0.6) is 0 Å². The number of benzene rings is 1. The van der Waals surface area contributed by atoms with E-state index in [4.69, 9.17) is 0 Å². The van der Waals surface area contributed by atoms with Crippen LogP contribution in [0.1, 0.15) is 36.0 Å². The number of rotatable bonds is 3. The summed E-state index contributed by atoms with van der Waals surface area (Å²) >= 11 is 0. The average molecular weight is 292 g/mol. The predicted octanol–water partition coefficient (Wildman–Crippen LogP) is 3.60. The average Bonchev–Trinajstić information content (AvgIpc) is 3.13. The van der Waals surface area contributed by atoms with E-state index in [9.17, 15) is 0 Å². The van der Waals surface area contributed by atoms with Crippen molar-refractivity contribution in [3.05, 3.63) is 59.7 Å². The van der Waals surface area contributed by atoms with Crippen molar-refractivity contribution in [2.24, 2.45) is 0 Å². The van der Waals surface area contributed by atoms with Crippen molar-refractivity contribution in [2.45, 2.75) is 32.4 Å². The fraction of sp³-hybridized carbons (Fsp3) is 0.333. The fourth-order valence-corrected chi connectivity index (χ4v) is 3.44. The van der Waals surface area contributed by atoms with Crippen LogP contribution in [0.15, 0.2) is 42.6 Å². The number of aromatic amines is 1. The molecule has 0 radical (unpaired) electrons. The molecule has 1 N–H and O–H groups in total. The molecule has 4 nitrogen and oxygen atoms in total. The zero-order valence-electron chi connectivity index (χ0n) is 12.8. The molecule has 1 aliphatic rings. The molecule has 1 saturated heterocycles. The second kappa shape index (κ2) is 5.54. The van der Waals surface area contributed by atoms with Gasteiger partial charge in [-0.3, -0.25) is 9.88 Å². The number of fused-ring (bicyclic) bond motifs is 1. The molecule has 1 aliphatic heterocycles. The summed E-state index contributed by atoms with van der Waals surface area (Å²) < 4.78 is 0. The maximum absolute atomic E-state index is 4.55. The highest BCUT2D eigenvalue weighted by atomic mass is 15.2. The van der Waals surface area contributed by atoms with E-state index in [1.54, 1.807) is 0 Å². The minimum atomic E-state index is 0.445. The summed E-state index contributed by atoms with van der Waals surface area (Å²) in [6, 6.07) is 13.2. The first-order valence-electron chi connectivity index (χ1n) is 7.90. The highest BCUT2D eigenvalue weighted by Gasteiger charge is 2.26. The zero-order valence-corrected chi connectivity index (χ0v) is 12.8. The largest absolute Gasteiger partial charge is 0.342 e. The molecule has 1 atom stereocenters. The molecule has 4 heteroatoms. The van der Waals surface area contributed by atoms with Gasteiger partial charge < -0.3 is 4.98 Å². The number of pyridine rings is 1. The molecule has 0 amide bonds. The van der Waals surface area contributed by atoms with Crippen LogP contribution in [0.3, 0.4) is 0 Å². The van der Waals surface area contributed by atoms with Gasteiger partial charge in [0.15, 0.2) is 0 Å². The summed E-state index contributed by atoms with van der Waals surface area (Å²) in [5, 5.41) is 0. The first-order valence-corrected chi connectivity index (χ1v) is 7.90. The molecule has 4 rings (SSSR count). The van der Waals surface area contributed by atoms with Gasteiger partial charge in [0.25, 0.3) is 0 Å². The number of imidazole rings is 1. The van der Waals surface area contributed by atoms with Gasteiger partial charge in [-0.05, 0) is 56.1 Å². The van der Waals surface area contributed by atoms with Crippen molar-refractivity contribution in [3.8, 4) is 0 Å². The van der Waals surface area contributed by atoms with Gasteiger partial charge in [0.1, 0.15) is 5.82 Å².